The Morgan fingerprint density at radius 2 is 1.89 bits per heavy atom. The summed E-state index contributed by atoms with van der Waals surface area (Å²) < 4.78 is 23.1. The van der Waals surface area contributed by atoms with Crippen molar-refractivity contribution in [2.45, 2.75) is 25.4 Å². The number of carbonyl (C=O) groups is 1. The number of halogens is 1. The molecule has 27 heavy (non-hydrogen) atoms. The standard InChI is InChI=1S/C19H27N3O3S.ClH/c20-18-5-4-16-12-22(13-17(16)18)19(23)15-3-1-2-14(10-15)11-21-6-8-26(24,25)9-7-21;/h1-3,10,16-18H,4-9,11-13,20H2;1H. The van der Waals surface area contributed by atoms with Gasteiger partial charge in [-0.25, -0.2) is 8.42 Å². The van der Waals surface area contributed by atoms with Crippen LogP contribution in [0.15, 0.2) is 24.3 Å². The van der Waals surface area contributed by atoms with Crippen LogP contribution < -0.4 is 5.73 Å². The molecule has 0 aromatic heterocycles. The van der Waals surface area contributed by atoms with Gasteiger partial charge in [0.05, 0.1) is 11.5 Å². The van der Waals surface area contributed by atoms with Crippen molar-refractivity contribution < 1.29 is 13.2 Å². The highest BCUT2D eigenvalue weighted by Crippen LogP contribution is 2.37. The van der Waals surface area contributed by atoms with Crippen LogP contribution >= 0.6 is 12.4 Å². The molecule has 1 aliphatic carbocycles. The molecule has 0 bridgehead atoms. The van der Waals surface area contributed by atoms with E-state index in [1.54, 1.807) is 0 Å². The molecular formula is C19H28ClN3O3S. The fourth-order valence-corrected chi connectivity index (χ4v) is 5.90. The first-order chi connectivity index (χ1) is 12.4. The zero-order chi connectivity index (χ0) is 18.3. The highest BCUT2D eigenvalue weighted by atomic mass is 35.5. The summed E-state index contributed by atoms with van der Waals surface area (Å²) >= 11 is 0. The van der Waals surface area contributed by atoms with Crippen LogP contribution in [-0.4, -0.2) is 67.9 Å². The minimum Gasteiger partial charge on any atom is -0.338 e. The summed E-state index contributed by atoms with van der Waals surface area (Å²) in [7, 11) is -2.87. The highest BCUT2D eigenvalue weighted by molar-refractivity contribution is 7.91. The molecule has 1 aromatic rings. The number of nitrogens with zero attached hydrogens (tertiary/aromatic N) is 2. The maximum absolute atomic E-state index is 12.9. The predicted molar refractivity (Wildman–Crippen MR) is 108 cm³/mol. The number of fused-ring (bicyclic) bond motifs is 1. The van der Waals surface area contributed by atoms with E-state index in [0.29, 0.717) is 31.5 Å². The summed E-state index contributed by atoms with van der Waals surface area (Å²) in [5.41, 5.74) is 7.97. The van der Waals surface area contributed by atoms with Crippen molar-refractivity contribution in [3.05, 3.63) is 35.4 Å². The number of hydrogen-bond donors (Lipinski definition) is 1. The van der Waals surface area contributed by atoms with E-state index in [9.17, 15) is 13.2 Å². The van der Waals surface area contributed by atoms with Crippen molar-refractivity contribution in [1.29, 1.82) is 0 Å². The lowest BCUT2D eigenvalue weighted by molar-refractivity contribution is 0.0779. The Morgan fingerprint density at radius 1 is 1.15 bits per heavy atom. The van der Waals surface area contributed by atoms with Gasteiger partial charge in [-0.1, -0.05) is 12.1 Å². The Morgan fingerprint density at radius 3 is 2.59 bits per heavy atom. The monoisotopic (exact) mass is 413 g/mol. The fourth-order valence-electron chi connectivity index (χ4n) is 4.63. The van der Waals surface area contributed by atoms with Gasteiger partial charge in [-0.2, -0.15) is 0 Å². The first-order valence-corrected chi connectivity index (χ1v) is 11.3. The smallest absolute Gasteiger partial charge is 0.253 e. The van der Waals surface area contributed by atoms with E-state index in [4.69, 9.17) is 5.73 Å². The molecule has 3 unspecified atom stereocenters. The Kier molecular flexibility index (Phi) is 6.15. The quantitative estimate of drug-likeness (QED) is 0.803. The average molecular weight is 414 g/mol. The number of benzene rings is 1. The zero-order valence-electron chi connectivity index (χ0n) is 15.4. The summed E-state index contributed by atoms with van der Waals surface area (Å²) in [5.74, 6) is 1.56. The number of sulfone groups is 1. The van der Waals surface area contributed by atoms with Gasteiger partial charge < -0.3 is 10.6 Å². The Labute approximate surface area is 167 Å². The van der Waals surface area contributed by atoms with Gasteiger partial charge in [0.15, 0.2) is 9.84 Å². The molecule has 1 aromatic carbocycles. The van der Waals surface area contributed by atoms with Crippen molar-refractivity contribution >= 4 is 28.2 Å². The third kappa shape index (κ3) is 4.47. The van der Waals surface area contributed by atoms with Gasteiger partial charge in [0.1, 0.15) is 0 Å². The third-order valence-corrected chi connectivity index (χ3v) is 7.83. The van der Waals surface area contributed by atoms with Crippen LogP contribution in [0.1, 0.15) is 28.8 Å². The van der Waals surface area contributed by atoms with Crippen molar-refractivity contribution in [1.82, 2.24) is 9.80 Å². The van der Waals surface area contributed by atoms with E-state index in [-0.39, 0.29) is 35.9 Å². The Bertz CT molecular complexity index is 787. The molecule has 2 aliphatic heterocycles. The minimum atomic E-state index is -2.87. The number of hydrogen-bond acceptors (Lipinski definition) is 5. The van der Waals surface area contributed by atoms with E-state index in [2.05, 4.69) is 4.90 Å². The molecule has 1 amide bonds. The summed E-state index contributed by atoms with van der Waals surface area (Å²) in [5, 5.41) is 0. The molecule has 2 N–H and O–H groups in total. The molecule has 150 valence electrons. The average Bonchev–Trinajstić information content (AvgIpc) is 3.19. The van der Waals surface area contributed by atoms with Crippen LogP contribution in [0, 0.1) is 11.8 Å². The highest BCUT2D eigenvalue weighted by Gasteiger charge is 2.42. The van der Waals surface area contributed by atoms with Crippen molar-refractivity contribution in [2.24, 2.45) is 17.6 Å². The molecule has 2 heterocycles. The third-order valence-electron chi connectivity index (χ3n) is 6.22. The molecule has 4 rings (SSSR count). The van der Waals surface area contributed by atoms with Gasteiger partial charge >= 0.3 is 0 Å². The van der Waals surface area contributed by atoms with Crippen LogP contribution in [0.5, 0.6) is 0 Å². The molecule has 6 nitrogen and oxygen atoms in total. The molecule has 3 aliphatic rings. The first-order valence-electron chi connectivity index (χ1n) is 9.48. The number of nitrogens with two attached hydrogens (primary N) is 1. The van der Waals surface area contributed by atoms with Gasteiger partial charge in [0.25, 0.3) is 5.91 Å². The van der Waals surface area contributed by atoms with Crippen LogP contribution in [-0.2, 0) is 16.4 Å². The van der Waals surface area contributed by atoms with Crippen LogP contribution in [0.25, 0.3) is 0 Å². The van der Waals surface area contributed by atoms with Gasteiger partial charge in [-0.3, -0.25) is 9.69 Å². The number of amides is 1. The maximum Gasteiger partial charge on any atom is 0.253 e. The lowest BCUT2D eigenvalue weighted by Gasteiger charge is -2.26. The second-order valence-corrected chi connectivity index (χ2v) is 10.3. The fraction of sp³-hybridized carbons (Fsp3) is 0.632. The largest absolute Gasteiger partial charge is 0.338 e. The maximum atomic E-state index is 12.9. The van der Waals surface area contributed by atoms with Crippen molar-refractivity contribution in [3.63, 3.8) is 0 Å². The lowest BCUT2D eigenvalue weighted by Crippen LogP contribution is -2.39. The van der Waals surface area contributed by atoms with Crippen LogP contribution in [0.2, 0.25) is 0 Å². The van der Waals surface area contributed by atoms with Gasteiger partial charge in [0, 0.05) is 44.3 Å². The summed E-state index contributed by atoms with van der Waals surface area (Å²) in [6.45, 7) is 3.42. The number of carbonyl (C=O) groups excluding carboxylic acids is 1. The predicted octanol–water partition coefficient (Wildman–Crippen LogP) is 1.15. The van der Waals surface area contributed by atoms with E-state index in [1.165, 1.54) is 0 Å². The normalized spacial score (nSPS) is 30.0. The number of rotatable bonds is 3. The van der Waals surface area contributed by atoms with E-state index in [1.807, 2.05) is 29.2 Å². The summed E-state index contributed by atoms with van der Waals surface area (Å²) in [4.78, 5) is 17.0. The zero-order valence-corrected chi connectivity index (χ0v) is 17.1. The topological polar surface area (TPSA) is 83.7 Å². The van der Waals surface area contributed by atoms with Crippen LogP contribution in [0.3, 0.4) is 0 Å². The van der Waals surface area contributed by atoms with E-state index in [0.717, 1.165) is 37.1 Å². The molecule has 8 heteroatoms. The van der Waals surface area contributed by atoms with E-state index < -0.39 is 9.84 Å². The minimum absolute atomic E-state index is 0. The Hall–Kier alpha value is -1.15. The van der Waals surface area contributed by atoms with Gasteiger partial charge in [-0.05, 0) is 42.4 Å². The molecule has 2 saturated heterocycles. The molecule has 0 spiro atoms. The second-order valence-electron chi connectivity index (χ2n) is 8.00. The summed E-state index contributed by atoms with van der Waals surface area (Å²) in [6, 6.07) is 8.00. The van der Waals surface area contributed by atoms with E-state index >= 15 is 0 Å². The SMILES string of the molecule is Cl.NC1CCC2CN(C(=O)c3cccc(CN4CCS(=O)(=O)CC4)c3)CC12. The van der Waals surface area contributed by atoms with Crippen molar-refractivity contribution in [2.75, 3.05) is 37.7 Å². The summed E-state index contributed by atoms with van der Waals surface area (Å²) in [6.07, 6.45) is 2.21. The first kappa shape index (κ1) is 20.6. The Balaban J connectivity index is 0.00000210. The van der Waals surface area contributed by atoms with Crippen molar-refractivity contribution in [3.8, 4) is 0 Å². The molecule has 3 atom stereocenters. The molecule has 3 fully saturated rings. The molecular weight excluding hydrogens is 386 g/mol. The second kappa shape index (κ2) is 8.07. The molecule has 1 saturated carbocycles. The van der Waals surface area contributed by atoms with Crippen LogP contribution in [0.4, 0.5) is 0 Å². The number of likely N-dealkylation sites (tertiary alicyclic amines) is 1. The molecule has 0 radical (unpaired) electrons. The van der Waals surface area contributed by atoms with Gasteiger partial charge in [0.2, 0.25) is 0 Å². The lowest BCUT2D eigenvalue weighted by atomic mass is 9.98. The van der Waals surface area contributed by atoms with Gasteiger partial charge in [-0.15, -0.1) is 12.4 Å².